The standard InChI is InChI=1S/C12H11NO5S/c1-6(14)7-2-3-9-8(4-7)5-10(19(16,17)18)11(13)12(9)15/h2-5,15H,13H2,1H3,(H,16,17,18). The molecule has 0 amide bonds. The van der Waals surface area contributed by atoms with Crippen LogP contribution in [-0.4, -0.2) is 23.9 Å². The second-order valence-electron chi connectivity index (χ2n) is 4.10. The van der Waals surface area contributed by atoms with Crippen molar-refractivity contribution >= 4 is 32.4 Å². The fourth-order valence-corrected chi connectivity index (χ4v) is 2.46. The molecule has 19 heavy (non-hydrogen) atoms. The maximum Gasteiger partial charge on any atom is 0.296 e. The number of phenols is 1. The van der Waals surface area contributed by atoms with Gasteiger partial charge in [0.1, 0.15) is 10.6 Å². The molecule has 100 valence electrons. The van der Waals surface area contributed by atoms with Gasteiger partial charge in [0.15, 0.2) is 5.78 Å². The van der Waals surface area contributed by atoms with E-state index < -0.39 is 26.5 Å². The maximum atomic E-state index is 11.3. The molecule has 2 rings (SSSR count). The van der Waals surface area contributed by atoms with Crippen molar-refractivity contribution in [2.45, 2.75) is 11.8 Å². The number of fused-ring (bicyclic) bond motifs is 1. The molecule has 0 bridgehead atoms. The van der Waals surface area contributed by atoms with Gasteiger partial charge in [-0.3, -0.25) is 9.35 Å². The Labute approximate surface area is 109 Å². The van der Waals surface area contributed by atoms with Crippen LogP contribution in [0.25, 0.3) is 10.8 Å². The number of aromatic hydroxyl groups is 1. The minimum Gasteiger partial charge on any atom is -0.505 e. The number of nitrogens with two attached hydrogens (primary N) is 1. The van der Waals surface area contributed by atoms with Crippen LogP contribution in [0.1, 0.15) is 17.3 Å². The topological polar surface area (TPSA) is 118 Å². The number of carbonyl (C=O) groups is 1. The summed E-state index contributed by atoms with van der Waals surface area (Å²) in [6.45, 7) is 1.36. The summed E-state index contributed by atoms with van der Waals surface area (Å²) in [5.41, 5.74) is 5.41. The molecule has 0 unspecified atom stereocenters. The first-order chi connectivity index (χ1) is 8.71. The molecule has 0 aliphatic rings. The van der Waals surface area contributed by atoms with E-state index in [0.717, 1.165) is 6.07 Å². The first-order valence-corrected chi connectivity index (χ1v) is 6.69. The molecule has 0 aliphatic carbocycles. The first kappa shape index (κ1) is 13.3. The SMILES string of the molecule is CC(=O)c1ccc2c(O)c(N)c(S(=O)(=O)O)cc2c1. The molecular formula is C12H11NO5S. The van der Waals surface area contributed by atoms with Crippen LogP contribution >= 0.6 is 0 Å². The third kappa shape index (κ3) is 2.25. The van der Waals surface area contributed by atoms with Gasteiger partial charge < -0.3 is 10.8 Å². The van der Waals surface area contributed by atoms with Gasteiger partial charge in [0.25, 0.3) is 10.1 Å². The van der Waals surface area contributed by atoms with Crippen LogP contribution in [0.3, 0.4) is 0 Å². The zero-order valence-corrected chi connectivity index (χ0v) is 10.7. The number of Topliss-reactive ketones (excluding diaryl/α,β-unsaturated/α-hetero) is 1. The number of hydrogen-bond acceptors (Lipinski definition) is 5. The molecule has 6 nitrogen and oxygen atoms in total. The molecule has 0 saturated carbocycles. The van der Waals surface area contributed by atoms with E-state index in [2.05, 4.69) is 0 Å². The lowest BCUT2D eigenvalue weighted by Gasteiger charge is -2.09. The van der Waals surface area contributed by atoms with E-state index in [1.165, 1.54) is 25.1 Å². The quantitative estimate of drug-likeness (QED) is 0.333. The van der Waals surface area contributed by atoms with Gasteiger partial charge in [0.2, 0.25) is 0 Å². The highest BCUT2D eigenvalue weighted by Crippen LogP contribution is 2.36. The molecule has 0 heterocycles. The molecule has 2 aromatic rings. The van der Waals surface area contributed by atoms with Crippen molar-refractivity contribution in [2.75, 3.05) is 5.73 Å². The average Bonchev–Trinajstić information content (AvgIpc) is 2.31. The van der Waals surface area contributed by atoms with Crippen LogP contribution in [0.15, 0.2) is 29.2 Å². The highest BCUT2D eigenvalue weighted by atomic mass is 32.2. The first-order valence-electron chi connectivity index (χ1n) is 5.25. The zero-order valence-electron chi connectivity index (χ0n) is 9.91. The number of nitrogen functional groups attached to an aromatic ring is 1. The summed E-state index contributed by atoms with van der Waals surface area (Å²) < 4.78 is 31.4. The summed E-state index contributed by atoms with van der Waals surface area (Å²) in [4.78, 5) is 10.7. The lowest BCUT2D eigenvalue weighted by Crippen LogP contribution is -2.04. The number of rotatable bonds is 2. The van der Waals surface area contributed by atoms with Gasteiger partial charge in [-0.15, -0.1) is 0 Å². The third-order valence-electron chi connectivity index (χ3n) is 2.80. The molecule has 4 N–H and O–H groups in total. The van der Waals surface area contributed by atoms with Gasteiger partial charge in [-0.2, -0.15) is 8.42 Å². The molecule has 0 atom stereocenters. The Morgan fingerprint density at radius 1 is 1.26 bits per heavy atom. The molecular weight excluding hydrogens is 270 g/mol. The van der Waals surface area contributed by atoms with Gasteiger partial charge in [-0.25, -0.2) is 0 Å². The van der Waals surface area contributed by atoms with E-state index in [1.54, 1.807) is 0 Å². The van der Waals surface area contributed by atoms with E-state index in [9.17, 15) is 18.3 Å². The minimum absolute atomic E-state index is 0.202. The van der Waals surface area contributed by atoms with Crippen molar-refractivity contribution in [3.05, 3.63) is 29.8 Å². The van der Waals surface area contributed by atoms with E-state index in [-0.39, 0.29) is 5.78 Å². The van der Waals surface area contributed by atoms with Crippen LogP contribution in [-0.2, 0) is 10.1 Å². The number of phenolic OH excluding ortho intramolecular Hbond substituents is 1. The van der Waals surface area contributed by atoms with Crippen LogP contribution in [0.2, 0.25) is 0 Å². The Kier molecular flexibility index (Phi) is 2.95. The van der Waals surface area contributed by atoms with Crippen LogP contribution in [0.4, 0.5) is 5.69 Å². The van der Waals surface area contributed by atoms with Crippen LogP contribution in [0.5, 0.6) is 5.75 Å². The fourth-order valence-electron chi connectivity index (χ4n) is 1.81. The van der Waals surface area contributed by atoms with Gasteiger partial charge in [0, 0.05) is 10.9 Å². The summed E-state index contributed by atoms with van der Waals surface area (Å²) in [5, 5.41) is 10.4. The molecule has 0 fully saturated rings. The summed E-state index contributed by atoms with van der Waals surface area (Å²) >= 11 is 0. The number of carbonyl (C=O) groups excluding carboxylic acids is 1. The molecule has 0 saturated heterocycles. The van der Waals surface area contributed by atoms with Crippen molar-refractivity contribution in [1.29, 1.82) is 0 Å². The molecule has 0 aliphatic heterocycles. The minimum atomic E-state index is -4.55. The Balaban J connectivity index is 2.90. The lowest BCUT2D eigenvalue weighted by atomic mass is 10.0. The van der Waals surface area contributed by atoms with E-state index in [1.807, 2.05) is 0 Å². The van der Waals surface area contributed by atoms with E-state index in [0.29, 0.717) is 16.3 Å². The Morgan fingerprint density at radius 2 is 1.89 bits per heavy atom. The fraction of sp³-hybridized carbons (Fsp3) is 0.0833. The van der Waals surface area contributed by atoms with E-state index >= 15 is 0 Å². The average molecular weight is 281 g/mol. The third-order valence-corrected chi connectivity index (χ3v) is 3.69. The summed E-state index contributed by atoms with van der Waals surface area (Å²) in [6, 6.07) is 5.50. The Bertz CT molecular complexity index is 795. The second kappa shape index (κ2) is 4.22. The zero-order chi connectivity index (χ0) is 14.4. The molecule has 2 aromatic carbocycles. The Morgan fingerprint density at radius 3 is 2.42 bits per heavy atom. The normalized spacial score (nSPS) is 11.7. The highest BCUT2D eigenvalue weighted by molar-refractivity contribution is 7.86. The van der Waals surface area contributed by atoms with Crippen molar-refractivity contribution in [2.24, 2.45) is 0 Å². The van der Waals surface area contributed by atoms with Crippen molar-refractivity contribution < 1.29 is 22.9 Å². The predicted octanol–water partition coefficient (Wildman–Crippen LogP) is 1.58. The van der Waals surface area contributed by atoms with Crippen LogP contribution < -0.4 is 5.73 Å². The predicted molar refractivity (Wildman–Crippen MR) is 69.8 cm³/mol. The molecule has 0 radical (unpaired) electrons. The lowest BCUT2D eigenvalue weighted by molar-refractivity contribution is 0.101. The van der Waals surface area contributed by atoms with Crippen molar-refractivity contribution in [1.82, 2.24) is 0 Å². The smallest absolute Gasteiger partial charge is 0.296 e. The molecule has 0 aromatic heterocycles. The van der Waals surface area contributed by atoms with Crippen LogP contribution in [0, 0.1) is 0 Å². The van der Waals surface area contributed by atoms with Gasteiger partial charge in [-0.1, -0.05) is 6.07 Å². The summed E-state index contributed by atoms with van der Waals surface area (Å²) in [6.07, 6.45) is 0. The number of ketones is 1. The van der Waals surface area contributed by atoms with E-state index in [4.69, 9.17) is 10.3 Å². The number of benzene rings is 2. The Hall–Kier alpha value is -2.12. The number of anilines is 1. The highest BCUT2D eigenvalue weighted by Gasteiger charge is 2.19. The van der Waals surface area contributed by atoms with Crippen molar-refractivity contribution in [3.8, 4) is 5.75 Å². The van der Waals surface area contributed by atoms with Gasteiger partial charge in [-0.05, 0) is 30.5 Å². The van der Waals surface area contributed by atoms with Crippen molar-refractivity contribution in [3.63, 3.8) is 0 Å². The summed E-state index contributed by atoms with van der Waals surface area (Å²) in [5.74, 6) is -0.646. The maximum absolute atomic E-state index is 11.3. The van der Waals surface area contributed by atoms with Gasteiger partial charge in [0.05, 0.1) is 5.69 Å². The monoisotopic (exact) mass is 281 g/mol. The molecule has 0 spiro atoms. The second-order valence-corrected chi connectivity index (χ2v) is 5.49. The van der Waals surface area contributed by atoms with Gasteiger partial charge >= 0.3 is 0 Å². The molecule has 7 heteroatoms. The largest absolute Gasteiger partial charge is 0.505 e. The number of hydrogen-bond donors (Lipinski definition) is 3. The summed E-state index contributed by atoms with van der Waals surface area (Å²) in [7, 11) is -4.55.